The number of nitrogen functional groups attached to an aromatic ring is 1. The van der Waals surface area contributed by atoms with Crippen molar-refractivity contribution in [2.75, 3.05) is 19.5 Å². The molecule has 0 fully saturated rings. The third-order valence-corrected chi connectivity index (χ3v) is 3.51. The van der Waals surface area contributed by atoms with E-state index in [0.717, 1.165) is 0 Å². The van der Waals surface area contributed by atoms with Crippen LogP contribution in [-0.2, 0) is 0 Å². The molecular weight excluding hydrogens is 244 g/mol. The van der Waals surface area contributed by atoms with E-state index >= 15 is 0 Å². The number of anilines is 1. The first kappa shape index (κ1) is 15.3. The zero-order valence-electron chi connectivity index (χ0n) is 11.7. The molecule has 4 N–H and O–H groups in total. The Morgan fingerprint density at radius 1 is 1.42 bits per heavy atom. The molecule has 0 bridgehead atoms. The Hall–Kier alpha value is -1.75. The summed E-state index contributed by atoms with van der Waals surface area (Å²) >= 11 is 0. The van der Waals surface area contributed by atoms with E-state index in [4.69, 9.17) is 10.5 Å². The molecule has 0 spiro atoms. The van der Waals surface area contributed by atoms with Crippen LogP contribution < -0.4 is 15.8 Å². The van der Waals surface area contributed by atoms with Gasteiger partial charge in [0.05, 0.1) is 24.8 Å². The molecule has 5 heteroatoms. The van der Waals surface area contributed by atoms with Crippen molar-refractivity contribution >= 4 is 11.6 Å². The van der Waals surface area contributed by atoms with E-state index in [1.807, 2.05) is 13.8 Å². The lowest BCUT2D eigenvalue weighted by Crippen LogP contribution is -2.50. The number of hydrogen-bond donors (Lipinski definition) is 3. The number of rotatable bonds is 6. The van der Waals surface area contributed by atoms with Gasteiger partial charge < -0.3 is 20.9 Å². The highest BCUT2D eigenvalue weighted by molar-refractivity contribution is 5.97. The van der Waals surface area contributed by atoms with Gasteiger partial charge >= 0.3 is 0 Å². The van der Waals surface area contributed by atoms with Crippen molar-refractivity contribution in [2.45, 2.75) is 32.2 Å². The highest BCUT2D eigenvalue weighted by Crippen LogP contribution is 2.23. The molecule has 0 saturated heterocycles. The maximum Gasteiger partial charge on any atom is 0.255 e. The lowest BCUT2D eigenvalue weighted by Gasteiger charge is -2.31. The van der Waals surface area contributed by atoms with Gasteiger partial charge in [-0.1, -0.05) is 13.8 Å². The Labute approximate surface area is 113 Å². The van der Waals surface area contributed by atoms with Crippen LogP contribution in [0.25, 0.3) is 0 Å². The van der Waals surface area contributed by atoms with E-state index in [2.05, 4.69) is 5.32 Å². The fourth-order valence-electron chi connectivity index (χ4n) is 1.89. The standard InChI is InChI=1S/C14H22N2O3/c1-4-14(5-2,9-17)16-13(18)11-7-6-10(15)8-12(11)19-3/h6-8,17H,4-5,9,15H2,1-3H3,(H,16,18). The third kappa shape index (κ3) is 3.38. The summed E-state index contributed by atoms with van der Waals surface area (Å²) in [6, 6.07) is 4.88. The van der Waals surface area contributed by atoms with Crippen molar-refractivity contribution in [3.05, 3.63) is 23.8 Å². The zero-order valence-corrected chi connectivity index (χ0v) is 11.7. The molecule has 1 rings (SSSR count). The van der Waals surface area contributed by atoms with E-state index in [9.17, 15) is 9.90 Å². The minimum absolute atomic E-state index is 0.0942. The molecule has 0 aliphatic carbocycles. The second-order valence-electron chi connectivity index (χ2n) is 4.56. The topological polar surface area (TPSA) is 84.6 Å². The molecule has 0 aliphatic heterocycles. The lowest BCUT2D eigenvalue weighted by molar-refractivity contribution is 0.0815. The number of aliphatic hydroxyl groups excluding tert-OH is 1. The predicted octanol–water partition coefficient (Wildman–Crippen LogP) is 1.56. The van der Waals surface area contributed by atoms with Gasteiger partial charge in [0.15, 0.2) is 0 Å². The number of carbonyl (C=O) groups excluding carboxylic acids is 1. The van der Waals surface area contributed by atoms with Gasteiger partial charge in [0.25, 0.3) is 5.91 Å². The Balaban J connectivity index is 3.01. The quantitative estimate of drug-likeness (QED) is 0.682. The highest BCUT2D eigenvalue weighted by Gasteiger charge is 2.28. The number of carbonyl (C=O) groups is 1. The Morgan fingerprint density at radius 3 is 2.53 bits per heavy atom. The smallest absolute Gasteiger partial charge is 0.255 e. The molecule has 19 heavy (non-hydrogen) atoms. The SMILES string of the molecule is CCC(CC)(CO)NC(=O)c1ccc(N)cc1OC. The second-order valence-corrected chi connectivity index (χ2v) is 4.56. The molecule has 0 heterocycles. The number of ether oxygens (including phenoxy) is 1. The molecular formula is C14H22N2O3. The molecule has 1 aromatic carbocycles. The molecule has 0 radical (unpaired) electrons. The second kappa shape index (κ2) is 6.43. The number of hydrogen-bond acceptors (Lipinski definition) is 4. The average molecular weight is 266 g/mol. The molecule has 0 aromatic heterocycles. The summed E-state index contributed by atoms with van der Waals surface area (Å²) in [5.41, 5.74) is 6.01. The normalized spacial score (nSPS) is 11.2. The molecule has 1 amide bonds. The van der Waals surface area contributed by atoms with Gasteiger partial charge in [0.2, 0.25) is 0 Å². The van der Waals surface area contributed by atoms with Gasteiger partial charge in [-0.2, -0.15) is 0 Å². The third-order valence-electron chi connectivity index (χ3n) is 3.51. The minimum atomic E-state index is -0.594. The van der Waals surface area contributed by atoms with E-state index < -0.39 is 5.54 Å². The van der Waals surface area contributed by atoms with E-state index in [1.54, 1.807) is 18.2 Å². The molecule has 1 aromatic rings. The van der Waals surface area contributed by atoms with Crippen molar-refractivity contribution in [2.24, 2.45) is 0 Å². The number of nitrogens with one attached hydrogen (secondary N) is 1. The minimum Gasteiger partial charge on any atom is -0.496 e. The maximum absolute atomic E-state index is 12.3. The molecule has 106 valence electrons. The summed E-state index contributed by atoms with van der Waals surface area (Å²) in [6.45, 7) is 3.77. The van der Waals surface area contributed by atoms with Crippen LogP contribution in [0.3, 0.4) is 0 Å². The summed E-state index contributed by atoms with van der Waals surface area (Å²) < 4.78 is 5.16. The van der Waals surface area contributed by atoms with Gasteiger partial charge in [-0.05, 0) is 25.0 Å². The van der Waals surface area contributed by atoms with E-state index in [-0.39, 0.29) is 12.5 Å². The van der Waals surface area contributed by atoms with Crippen LogP contribution in [0.2, 0.25) is 0 Å². The fourth-order valence-corrected chi connectivity index (χ4v) is 1.89. The lowest BCUT2D eigenvalue weighted by atomic mass is 9.93. The summed E-state index contributed by atoms with van der Waals surface area (Å²) in [7, 11) is 1.49. The summed E-state index contributed by atoms with van der Waals surface area (Å²) in [4.78, 5) is 12.3. The summed E-state index contributed by atoms with van der Waals surface area (Å²) in [5.74, 6) is 0.158. The number of nitrogens with two attached hydrogens (primary N) is 1. The van der Waals surface area contributed by atoms with Gasteiger partial charge in [-0.15, -0.1) is 0 Å². The van der Waals surface area contributed by atoms with Gasteiger partial charge in [-0.3, -0.25) is 4.79 Å². The number of methoxy groups -OCH3 is 1. The van der Waals surface area contributed by atoms with Crippen molar-refractivity contribution in [3.8, 4) is 5.75 Å². The van der Waals surface area contributed by atoms with Crippen LogP contribution in [0.5, 0.6) is 5.75 Å². The van der Waals surface area contributed by atoms with E-state index in [0.29, 0.717) is 29.8 Å². The number of aliphatic hydroxyl groups is 1. The first-order valence-electron chi connectivity index (χ1n) is 6.38. The van der Waals surface area contributed by atoms with Crippen molar-refractivity contribution in [3.63, 3.8) is 0 Å². The van der Waals surface area contributed by atoms with Crippen LogP contribution in [0.4, 0.5) is 5.69 Å². The van der Waals surface area contributed by atoms with Gasteiger partial charge in [0.1, 0.15) is 5.75 Å². The van der Waals surface area contributed by atoms with Crippen molar-refractivity contribution in [1.29, 1.82) is 0 Å². The average Bonchev–Trinajstić information content (AvgIpc) is 2.44. The van der Waals surface area contributed by atoms with Gasteiger partial charge in [0, 0.05) is 11.8 Å². The molecule has 0 atom stereocenters. The highest BCUT2D eigenvalue weighted by atomic mass is 16.5. The molecule has 0 saturated carbocycles. The number of amides is 1. The monoisotopic (exact) mass is 266 g/mol. The number of benzene rings is 1. The van der Waals surface area contributed by atoms with Crippen LogP contribution in [0.15, 0.2) is 18.2 Å². The molecule has 5 nitrogen and oxygen atoms in total. The van der Waals surface area contributed by atoms with Crippen molar-refractivity contribution < 1.29 is 14.6 Å². The van der Waals surface area contributed by atoms with Crippen LogP contribution >= 0.6 is 0 Å². The summed E-state index contributed by atoms with van der Waals surface area (Å²) in [6.07, 6.45) is 1.31. The maximum atomic E-state index is 12.3. The Bertz CT molecular complexity index is 434. The Morgan fingerprint density at radius 2 is 2.05 bits per heavy atom. The van der Waals surface area contributed by atoms with Crippen LogP contribution in [0, 0.1) is 0 Å². The first-order chi connectivity index (χ1) is 9.01. The van der Waals surface area contributed by atoms with Crippen LogP contribution in [0.1, 0.15) is 37.0 Å². The predicted molar refractivity (Wildman–Crippen MR) is 75.3 cm³/mol. The zero-order chi connectivity index (χ0) is 14.5. The van der Waals surface area contributed by atoms with Crippen LogP contribution in [-0.4, -0.2) is 30.3 Å². The van der Waals surface area contributed by atoms with Gasteiger partial charge in [-0.25, -0.2) is 0 Å². The Kier molecular flexibility index (Phi) is 5.18. The fraction of sp³-hybridized carbons (Fsp3) is 0.500. The summed E-state index contributed by atoms with van der Waals surface area (Å²) in [5, 5.41) is 12.4. The first-order valence-corrected chi connectivity index (χ1v) is 6.38. The van der Waals surface area contributed by atoms with E-state index in [1.165, 1.54) is 7.11 Å². The molecule has 0 unspecified atom stereocenters. The van der Waals surface area contributed by atoms with Crippen molar-refractivity contribution in [1.82, 2.24) is 5.32 Å². The molecule has 0 aliphatic rings. The largest absolute Gasteiger partial charge is 0.496 e.